The molecule has 2 rings (SSSR count). The summed E-state index contributed by atoms with van der Waals surface area (Å²) in [6.45, 7) is 3.82. The van der Waals surface area contributed by atoms with Crippen LogP contribution in [-0.2, 0) is 0 Å². The van der Waals surface area contributed by atoms with Crippen molar-refractivity contribution in [2.45, 2.75) is 19.9 Å². The van der Waals surface area contributed by atoms with Crippen LogP contribution in [0.1, 0.15) is 29.8 Å². The first-order valence-corrected chi connectivity index (χ1v) is 6.67. The van der Waals surface area contributed by atoms with E-state index in [2.05, 4.69) is 10.3 Å². The first-order chi connectivity index (χ1) is 9.47. The molecule has 0 amide bonds. The Bertz CT molecular complexity index is 643. The van der Waals surface area contributed by atoms with E-state index in [1.54, 1.807) is 6.07 Å². The maximum Gasteiger partial charge on any atom is 0.136 e. The summed E-state index contributed by atoms with van der Waals surface area (Å²) in [6, 6.07) is 10.0. The number of pyridine rings is 1. The van der Waals surface area contributed by atoms with Crippen molar-refractivity contribution in [3.63, 3.8) is 0 Å². The smallest absolute Gasteiger partial charge is 0.136 e. The van der Waals surface area contributed by atoms with E-state index >= 15 is 0 Å². The number of aryl methyl sites for hydroxylation is 1. The van der Waals surface area contributed by atoms with Gasteiger partial charge in [0.15, 0.2) is 0 Å². The van der Waals surface area contributed by atoms with Crippen LogP contribution in [0.4, 0.5) is 10.2 Å². The zero-order chi connectivity index (χ0) is 14.7. The molecule has 1 atom stereocenters. The van der Waals surface area contributed by atoms with Gasteiger partial charge in [-0.05, 0) is 43.7 Å². The van der Waals surface area contributed by atoms with Crippen molar-refractivity contribution in [3.05, 3.63) is 59.0 Å². The number of aromatic nitrogens is 1. The van der Waals surface area contributed by atoms with Gasteiger partial charge in [0, 0.05) is 5.69 Å². The number of hydrogen-bond donors (Lipinski definition) is 2. The molecule has 1 aromatic carbocycles. The van der Waals surface area contributed by atoms with Crippen LogP contribution in [0, 0.1) is 12.7 Å². The summed E-state index contributed by atoms with van der Waals surface area (Å²) in [7, 11) is 0. The Morgan fingerprint density at radius 3 is 2.75 bits per heavy atom. The lowest BCUT2D eigenvalue weighted by Gasteiger charge is -2.17. The molecule has 0 bridgehead atoms. The predicted octanol–water partition coefficient (Wildman–Crippen LogP) is 3.34. The minimum absolute atomic E-state index is 0.104. The largest absolute Gasteiger partial charge is 0.389 e. The number of nitrogens with zero attached hydrogens (tertiary/aromatic N) is 1. The van der Waals surface area contributed by atoms with Crippen molar-refractivity contribution in [1.29, 1.82) is 0 Å². The second-order valence-corrected chi connectivity index (χ2v) is 5.07. The molecule has 3 N–H and O–H groups in total. The predicted molar refractivity (Wildman–Crippen MR) is 83.3 cm³/mol. The van der Waals surface area contributed by atoms with Crippen LogP contribution >= 0.6 is 12.2 Å². The van der Waals surface area contributed by atoms with Gasteiger partial charge in [0.1, 0.15) is 16.6 Å². The topological polar surface area (TPSA) is 50.9 Å². The third-order valence-corrected chi connectivity index (χ3v) is 3.22. The minimum atomic E-state index is -0.261. The fourth-order valence-corrected chi connectivity index (χ4v) is 2.09. The van der Waals surface area contributed by atoms with Crippen molar-refractivity contribution in [2.75, 3.05) is 5.32 Å². The van der Waals surface area contributed by atoms with E-state index < -0.39 is 0 Å². The maximum atomic E-state index is 13.3. The number of benzene rings is 1. The number of halogens is 1. The van der Waals surface area contributed by atoms with Crippen molar-refractivity contribution >= 4 is 23.0 Å². The van der Waals surface area contributed by atoms with Gasteiger partial charge in [-0.3, -0.25) is 0 Å². The van der Waals surface area contributed by atoms with Crippen molar-refractivity contribution < 1.29 is 4.39 Å². The highest BCUT2D eigenvalue weighted by atomic mass is 32.1. The summed E-state index contributed by atoms with van der Waals surface area (Å²) in [5.41, 5.74) is 8.08. The maximum absolute atomic E-state index is 13.3. The summed E-state index contributed by atoms with van der Waals surface area (Å²) >= 11 is 5.02. The molecule has 0 fully saturated rings. The van der Waals surface area contributed by atoms with Gasteiger partial charge >= 0.3 is 0 Å². The standard InChI is InChI=1S/C15H16FN3S/c1-9-6-7-13(14(17)20)15(18-9)19-10(2)11-4-3-5-12(16)8-11/h3-8,10H,1-2H3,(H2,17,20)(H,18,19). The quantitative estimate of drug-likeness (QED) is 0.848. The van der Waals surface area contributed by atoms with Crippen LogP contribution in [0.5, 0.6) is 0 Å². The number of nitrogens with two attached hydrogens (primary N) is 1. The highest BCUT2D eigenvalue weighted by molar-refractivity contribution is 7.80. The van der Waals surface area contributed by atoms with Crippen LogP contribution in [-0.4, -0.2) is 9.97 Å². The van der Waals surface area contributed by atoms with Gasteiger partial charge in [-0.25, -0.2) is 9.37 Å². The molecule has 0 spiro atoms. The summed E-state index contributed by atoms with van der Waals surface area (Å²) in [5, 5.41) is 3.23. The zero-order valence-corrected chi connectivity index (χ0v) is 12.2. The van der Waals surface area contributed by atoms with Gasteiger partial charge in [-0.1, -0.05) is 24.4 Å². The molecule has 0 aliphatic rings. The highest BCUT2D eigenvalue weighted by Gasteiger charge is 2.12. The second-order valence-electron chi connectivity index (χ2n) is 4.63. The number of anilines is 1. The molecular formula is C15H16FN3S. The second kappa shape index (κ2) is 5.96. The van der Waals surface area contributed by atoms with E-state index in [9.17, 15) is 4.39 Å². The van der Waals surface area contributed by atoms with Crippen LogP contribution in [0.15, 0.2) is 36.4 Å². The van der Waals surface area contributed by atoms with E-state index in [1.165, 1.54) is 12.1 Å². The normalized spacial score (nSPS) is 11.9. The molecule has 1 aromatic heterocycles. The molecule has 20 heavy (non-hydrogen) atoms. The lowest BCUT2D eigenvalue weighted by atomic mass is 10.1. The van der Waals surface area contributed by atoms with Gasteiger partial charge in [0.25, 0.3) is 0 Å². The Hall–Kier alpha value is -2.01. The molecule has 0 saturated heterocycles. The van der Waals surface area contributed by atoms with Crippen molar-refractivity contribution in [2.24, 2.45) is 5.73 Å². The van der Waals surface area contributed by atoms with Crippen LogP contribution < -0.4 is 11.1 Å². The first-order valence-electron chi connectivity index (χ1n) is 6.27. The highest BCUT2D eigenvalue weighted by Crippen LogP contribution is 2.21. The first kappa shape index (κ1) is 14.4. The Labute approximate surface area is 123 Å². The number of rotatable bonds is 4. The van der Waals surface area contributed by atoms with Gasteiger partial charge in [-0.15, -0.1) is 0 Å². The lowest BCUT2D eigenvalue weighted by Crippen LogP contribution is -2.16. The third kappa shape index (κ3) is 3.30. The van der Waals surface area contributed by atoms with E-state index in [1.807, 2.05) is 32.0 Å². The Morgan fingerprint density at radius 1 is 1.35 bits per heavy atom. The van der Waals surface area contributed by atoms with E-state index in [0.29, 0.717) is 11.4 Å². The molecule has 0 saturated carbocycles. The van der Waals surface area contributed by atoms with Gasteiger partial charge in [0.2, 0.25) is 0 Å². The summed E-state index contributed by atoms with van der Waals surface area (Å²) < 4.78 is 13.3. The monoisotopic (exact) mass is 289 g/mol. The van der Waals surface area contributed by atoms with Crippen molar-refractivity contribution in [1.82, 2.24) is 4.98 Å². The van der Waals surface area contributed by atoms with Gasteiger partial charge < -0.3 is 11.1 Å². The van der Waals surface area contributed by atoms with E-state index in [-0.39, 0.29) is 16.8 Å². The van der Waals surface area contributed by atoms with Gasteiger partial charge in [-0.2, -0.15) is 0 Å². The Balaban J connectivity index is 2.29. The zero-order valence-electron chi connectivity index (χ0n) is 11.4. The summed E-state index contributed by atoms with van der Waals surface area (Å²) in [4.78, 5) is 4.69. The molecule has 1 heterocycles. The minimum Gasteiger partial charge on any atom is -0.389 e. The molecule has 0 radical (unpaired) electrons. The fourth-order valence-electron chi connectivity index (χ4n) is 1.93. The molecule has 3 nitrogen and oxygen atoms in total. The van der Waals surface area contributed by atoms with Crippen molar-refractivity contribution in [3.8, 4) is 0 Å². The average Bonchev–Trinajstić information content (AvgIpc) is 2.38. The number of nitrogens with one attached hydrogen (secondary N) is 1. The number of thiocarbonyl (C=S) groups is 1. The summed E-state index contributed by atoms with van der Waals surface area (Å²) in [6.07, 6.45) is 0. The van der Waals surface area contributed by atoms with Crippen LogP contribution in [0.3, 0.4) is 0 Å². The number of hydrogen-bond acceptors (Lipinski definition) is 3. The Morgan fingerprint density at radius 2 is 2.10 bits per heavy atom. The lowest BCUT2D eigenvalue weighted by molar-refractivity contribution is 0.623. The molecule has 1 unspecified atom stereocenters. The molecular weight excluding hydrogens is 273 g/mol. The summed E-state index contributed by atoms with van der Waals surface area (Å²) in [5.74, 6) is 0.359. The SMILES string of the molecule is Cc1ccc(C(N)=S)c(NC(C)c2cccc(F)c2)n1. The van der Waals surface area contributed by atoms with E-state index in [0.717, 1.165) is 11.3 Å². The average molecular weight is 289 g/mol. The van der Waals surface area contributed by atoms with E-state index in [4.69, 9.17) is 18.0 Å². The molecule has 5 heteroatoms. The Kier molecular flexibility index (Phi) is 4.29. The fraction of sp³-hybridized carbons (Fsp3) is 0.200. The molecule has 0 aliphatic carbocycles. The van der Waals surface area contributed by atoms with Gasteiger partial charge in [0.05, 0.1) is 11.6 Å². The molecule has 2 aromatic rings. The molecule has 0 aliphatic heterocycles. The van der Waals surface area contributed by atoms with Crippen LogP contribution in [0.2, 0.25) is 0 Å². The third-order valence-electron chi connectivity index (χ3n) is 3.00. The van der Waals surface area contributed by atoms with Crippen LogP contribution in [0.25, 0.3) is 0 Å². The molecule has 104 valence electrons.